The average Bonchev–Trinajstić information content (AvgIpc) is 3.75. The van der Waals surface area contributed by atoms with E-state index in [1.165, 1.54) is 46.9 Å². The molecule has 0 spiro atoms. The Hall–Kier alpha value is -5.37. The lowest BCUT2D eigenvalue weighted by Crippen LogP contribution is -2.33. The predicted octanol–water partition coefficient (Wildman–Crippen LogP) is 5.87. The van der Waals surface area contributed by atoms with Crippen LogP contribution in [0.1, 0.15) is 55.4 Å². The van der Waals surface area contributed by atoms with Crippen LogP contribution in [0.2, 0.25) is 0 Å². The number of carbonyl (C=O) groups is 5. The van der Waals surface area contributed by atoms with Crippen LogP contribution in [0.5, 0.6) is 5.75 Å². The number of anilines is 1. The van der Waals surface area contributed by atoms with Gasteiger partial charge in [-0.05, 0) is 90.8 Å². The molecule has 0 unspecified atom stereocenters. The lowest BCUT2D eigenvalue weighted by molar-refractivity contribution is -0.123. The molecule has 2 amide bonds. The molecule has 224 valence electrons. The Kier molecular flexibility index (Phi) is 7.33. The summed E-state index contributed by atoms with van der Waals surface area (Å²) >= 11 is 0. The van der Waals surface area contributed by atoms with E-state index in [0.29, 0.717) is 11.3 Å². The Morgan fingerprint density at radius 3 is 2.07 bits per heavy atom. The molecule has 45 heavy (non-hydrogen) atoms. The number of hydrogen-bond acceptors (Lipinski definition) is 7. The number of Topliss-reactive ketones (excluding diaryl/α,β-unsaturated/α-hetero) is 1. The van der Waals surface area contributed by atoms with Gasteiger partial charge in [-0.3, -0.25) is 19.3 Å². The Morgan fingerprint density at radius 2 is 1.33 bits per heavy atom. The monoisotopic (exact) mass is 599 g/mol. The molecule has 2 saturated carbocycles. The van der Waals surface area contributed by atoms with E-state index in [-0.39, 0.29) is 58.3 Å². The van der Waals surface area contributed by atoms with Crippen molar-refractivity contribution in [1.29, 1.82) is 0 Å². The normalized spacial score (nSPS) is 23.1. The quantitative estimate of drug-likeness (QED) is 0.108. The van der Waals surface area contributed by atoms with Gasteiger partial charge in [0.15, 0.2) is 12.4 Å². The highest BCUT2D eigenvalue weighted by molar-refractivity contribution is 6.23. The van der Waals surface area contributed by atoms with Crippen molar-refractivity contribution in [1.82, 2.24) is 0 Å². The second-order valence-corrected chi connectivity index (χ2v) is 11.8. The van der Waals surface area contributed by atoms with Crippen LogP contribution in [-0.4, -0.2) is 36.1 Å². The fourth-order valence-corrected chi connectivity index (χ4v) is 7.32. The zero-order chi connectivity index (χ0) is 31.1. The van der Waals surface area contributed by atoms with Gasteiger partial charge in [0.1, 0.15) is 5.75 Å². The number of ether oxygens (including phenoxy) is 2. The smallest absolute Gasteiger partial charge is 0.343 e. The Balaban J connectivity index is 0.985. The summed E-state index contributed by atoms with van der Waals surface area (Å²) in [5.41, 5.74) is 2.35. The number of ketones is 1. The average molecular weight is 600 g/mol. The topological polar surface area (TPSA) is 107 Å². The van der Waals surface area contributed by atoms with Gasteiger partial charge >= 0.3 is 11.9 Å². The van der Waals surface area contributed by atoms with Crippen LogP contribution in [0.15, 0.2) is 109 Å². The molecule has 1 aliphatic heterocycles. The molecule has 3 fully saturated rings. The molecule has 8 heteroatoms. The summed E-state index contributed by atoms with van der Waals surface area (Å²) in [5.74, 6) is -2.00. The minimum atomic E-state index is -0.748. The molecule has 8 nitrogen and oxygen atoms in total. The summed E-state index contributed by atoms with van der Waals surface area (Å²) in [6, 6.07) is 30.9. The van der Waals surface area contributed by atoms with Crippen molar-refractivity contribution in [3.63, 3.8) is 0 Å². The first-order chi connectivity index (χ1) is 21.9. The minimum absolute atomic E-state index is 0.119. The third-order valence-corrected chi connectivity index (χ3v) is 9.31. The van der Waals surface area contributed by atoms with Crippen LogP contribution in [0, 0.1) is 23.7 Å². The number of esters is 2. The number of nitrogens with zero attached hydrogens (tertiary/aromatic N) is 1. The summed E-state index contributed by atoms with van der Waals surface area (Å²) in [4.78, 5) is 66.4. The highest BCUT2D eigenvalue weighted by atomic mass is 16.5. The van der Waals surface area contributed by atoms with E-state index >= 15 is 0 Å². The maximum atomic E-state index is 13.7. The summed E-state index contributed by atoms with van der Waals surface area (Å²) < 4.78 is 10.6. The van der Waals surface area contributed by atoms with Crippen molar-refractivity contribution in [2.45, 2.75) is 18.8 Å². The van der Waals surface area contributed by atoms with Gasteiger partial charge in [-0.2, -0.15) is 0 Å². The molecule has 0 N–H and O–H groups in total. The van der Waals surface area contributed by atoms with Crippen molar-refractivity contribution in [2.75, 3.05) is 11.5 Å². The number of carbonyl (C=O) groups excluding carboxylic acids is 5. The standard InChI is InChI=1S/C37H29NO7/c39-31(23-14-16-28(17-15-23)45-37(43)24-10-5-2-6-11-24)21-44-36(42)25-12-7-13-27(18-25)38-34(40)32-26-19-29(22-8-3-1-4-9-22)30(20-26)33(32)35(38)41/h1-18,26,29-30,32-33H,19-21H2/t26-,29+,30-,32+,33+/m0/s1. The molecule has 4 aromatic rings. The number of rotatable bonds is 8. The Morgan fingerprint density at radius 1 is 0.667 bits per heavy atom. The first kappa shape index (κ1) is 28.4. The van der Waals surface area contributed by atoms with Gasteiger partial charge < -0.3 is 9.47 Å². The van der Waals surface area contributed by atoms with Gasteiger partial charge in [-0.1, -0.05) is 54.6 Å². The molecule has 7 rings (SSSR count). The van der Waals surface area contributed by atoms with E-state index in [2.05, 4.69) is 12.1 Å². The zero-order valence-electron chi connectivity index (χ0n) is 24.2. The lowest BCUT2D eigenvalue weighted by Gasteiger charge is -2.28. The fraction of sp³-hybridized carbons (Fsp3) is 0.216. The van der Waals surface area contributed by atoms with Crippen LogP contribution < -0.4 is 9.64 Å². The second-order valence-electron chi connectivity index (χ2n) is 11.8. The molecule has 2 aliphatic carbocycles. The van der Waals surface area contributed by atoms with Gasteiger partial charge in [0.05, 0.1) is 28.7 Å². The molecule has 1 heterocycles. The molecule has 4 aromatic carbocycles. The van der Waals surface area contributed by atoms with E-state index in [9.17, 15) is 24.0 Å². The number of hydrogen-bond donors (Lipinski definition) is 0. The Bertz CT molecular complexity index is 1800. The van der Waals surface area contributed by atoms with E-state index in [1.54, 1.807) is 42.5 Å². The van der Waals surface area contributed by atoms with Gasteiger partial charge in [0.25, 0.3) is 0 Å². The maximum Gasteiger partial charge on any atom is 0.343 e. The van der Waals surface area contributed by atoms with Crippen molar-refractivity contribution in [3.05, 3.63) is 131 Å². The SMILES string of the molecule is O=C(COC(=O)c1cccc(N2C(=O)[C@@H]3[C@@H]4C[C@H]([C@H]3C2=O)[C@@H](c2ccccc2)C4)c1)c1ccc(OC(=O)c2ccccc2)cc1. The molecule has 5 atom stereocenters. The van der Waals surface area contributed by atoms with E-state index in [4.69, 9.17) is 9.47 Å². The molecule has 2 bridgehead atoms. The van der Waals surface area contributed by atoms with Crippen molar-refractivity contribution in [3.8, 4) is 5.75 Å². The predicted molar refractivity (Wildman–Crippen MR) is 164 cm³/mol. The van der Waals surface area contributed by atoms with E-state index in [0.717, 1.165) is 12.8 Å². The lowest BCUT2D eigenvalue weighted by atomic mass is 9.73. The zero-order valence-corrected chi connectivity index (χ0v) is 24.2. The first-order valence-corrected chi connectivity index (χ1v) is 15.0. The number of amides is 2. The molecule has 3 aliphatic rings. The first-order valence-electron chi connectivity index (χ1n) is 15.0. The van der Waals surface area contributed by atoms with Crippen LogP contribution >= 0.6 is 0 Å². The Labute approximate surface area is 259 Å². The number of fused-ring (bicyclic) bond motifs is 5. The molecular formula is C37H29NO7. The number of imide groups is 1. The van der Waals surface area contributed by atoms with E-state index < -0.39 is 24.3 Å². The maximum absolute atomic E-state index is 13.7. The second kappa shape index (κ2) is 11.6. The largest absolute Gasteiger partial charge is 0.454 e. The molecule has 1 saturated heterocycles. The van der Waals surface area contributed by atoms with Gasteiger partial charge in [-0.25, -0.2) is 9.59 Å². The third kappa shape index (κ3) is 5.22. The molecule has 0 radical (unpaired) electrons. The van der Waals surface area contributed by atoms with Crippen LogP contribution in [0.25, 0.3) is 0 Å². The highest BCUT2D eigenvalue weighted by Gasteiger charge is 2.64. The molecule has 0 aromatic heterocycles. The summed E-state index contributed by atoms with van der Waals surface area (Å²) in [6.45, 7) is -0.512. The molecular weight excluding hydrogens is 570 g/mol. The van der Waals surface area contributed by atoms with Crippen molar-refractivity contribution >= 4 is 35.2 Å². The van der Waals surface area contributed by atoms with Crippen LogP contribution in [0.3, 0.4) is 0 Å². The van der Waals surface area contributed by atoms with Gasteiger partial charge in [0, 0.05) is 5.56 Å². The van der Waals surface area contributed by atoms with Crippen LogP contribution in [0.4, 0.5) is 5.69 Å². The summed E-state index contributed by atoms with van der Waals surface area (Å²) in [6.07, 6.45) is 1.77. The van der Waals surface area contributed by atoms with Crippen molar-refractivity contribution in [2.24, 2.45) is 23.7 Å². The van der Waals surface area contributed by atoms with Gasteiger partial charge in [0.2, 0.25) is 11.8 Å². The van der Waals surface area contributed by atoms with E-state index in [1.807, 2.05) is 18.2 Å². The minimum Gasteiger partial charge on any atom is -0.454 e. The van der Waals surface area contributed by atoms with Crippen LogP contribution in [-0.2, 0) is 14.3 Å². The van der Waals surface area contributed by atoms with Crippen molar-refractivity contribution < 1.29 is 33.4 Å². The fourth-order valence-electron chi connectivity index (χ4n) is 7.32. The van der Waals surface area contributed by atoms with Gasteiger partial charge in [-0.15, -0.1) is 0 Å². The summed E-state index contributed by atoms with van der Waals surface area (Å²) in [5, 5.41) is 0. The highest BCUT2D eigenvalue weighted by Crippen LogP contribution is 2.61. The third-order valence-electron chi connectivity index (χ3n) is 9.31. The summed E-state index contributed by atoms with van der Waals surface area (Å²) in [7, 11) is 0. The number of benzene rings is 4.